The number of rotatable bonds is 4. The maximum Gasteiger partial charge on any atom is 0.422 e. The summed E-state index contributed by atoms with van der Waals surface area (Å²) in [5.41, 5.74) is 1.10. The van der Waals surface area contributed by atoms with Gasteiger partial charge in [0.15, 0.2) is 6.61 Å². The summed E-state index contributed by atoms with van der Waals surface area (Å²) in [6.45, 7) is 10.5. The Balaban J connectivity index is 1.35. The van der Waals surface area contributed by atoms with Crippen molar-refractivity contribution in [2.75, 3.05) is 50.0 Å². The molecule has 1 fully saturated rings. The van der Waals surface area contributed by atoms with E-state index in [9.17, 15) is 22.8 Å². The standard InChI is InChI=1S/C38H51ClF3N7O5/c1-23(2)28-13-7-24(3)17-31(28)54-36(51)49-15-6-16-52-30-14-8-25(18-29(30)39)19-43-33-46-34(48-35(47-33)53-22-38(40,41)42)45-27-11-9-26(10-12-27)32(50)44-20-37(4,5)21-49/h8-12,14,18,23-24,28-31H,6-7,13,15-17,19-22H2,1-5H3,(H,44,50)(H2,43,45,46,47,48)/t24-,28+,29?,30?,31-/m1/s1. The molecule has 2 aromatic rings. The largest absolute Gasteiger partial charge is 0.454 e. The number of nitrogens with zero attached hydrogens (tertiary/aromatic N) is 4. The summed E-state index contributed by atoms with van der Waals surface area (Å²) < 4.78 is 56.0. The number of nitrogens with one attached hydrogen (secondary N) is 3. The molecule has 1 aromatic heterocycles. The van der Waals surface area contributed by atoms with Crippen molar-refractivity contribution < 1.29 is 37.0 Å². The molecule has 3 N–H and O–H groups in total. The Kier molecular flexibility index (Phi) is 13.7. The van der Waals surface area contributed by atoms with Crippen molar-refractivity contribution in [3.05, 3.63) is 53.6 Å². The number of carbonyl (C=O) groups excluding carboxylic acids is 2. The molecule has 2 unspecified atom stereocenters. The molecule has 5 heterocycles. The van der Waals surface area contributed by atoms with Crippen LogP contribution in [0.4, 0.5) is 35.5 Å². The maximum absolute atomic E-state index is 13.9. The van der Waals surface area contributed by atoms with Crippen LogP contribution in [-0.4, -0.2) is 95.0 Å². The smallest absolute Gasteiger partial charge is 0.422 e. The predicted octanol–water partition coefficient (Wildman–Crippen LogP) is 7.52. The van der Waals surface area contributed by atoms with Gasteiger partial charge in [-0.25, -0.2) is 4.79 Å². The molecular formula is C38H51ClF3N7O5. The van der Waals surface area contributed by atoms with E-state index in [4.69, 9.17) is 25.8 Å². The second-order valence-corrected chi connectivity index (χ2v) is 16.0. The molecule has 12 nitrogen and oxygen atoms in total. The summed E-state index contributed by atoms with van der Waals surface area (Å²) in [5.74, 6) is 0.751. The summed E-state index contributed by atoms with van der Waals surface area (Å²) >= 11 is 6.70. The zero-order valence-electron chi connectivity index (χ0n) is 31.4. The predicted molar refractivity (Wildman–Crippen MR) is 200 cm³/mol. The van der Waals surface area contributed by atoms with E-state index >= 15 is 0 Å². The van der Waals surface area contributed by atoms with Gasteiger partial charge < -0.3 is 35.1 Å². The molecule has 1 aromatic carbocycles. The number of hydrogen-bond donors (Lipinski definition) is 3. The average Bonchev–Trinajstić information content (AvgIpc) is 3.10. The fraction of sp³-hybridized carbons (Fsp3) is 0.605. The van der Waals surface area contributed by atoms with Gasteiger partial charge >= 0.3 is 18.3 Å². The SMILES string of the molecule is CC(C)[C@@H]1CC[C@@H](C)C[C@H]1OC(=O)N1CCCOC2C=CC(=CC2Cl)CNc2nc(nc(OCC(F)(F)F)n2)Nc2ccc(cc2)C(=O)NCC(C)(C)C1. The van der Waals surface area contributed by atoms with E-state index in [1.165, 1.54) is 0 Å². The number of aromatic nitrogens is 3. The zero-order valence-corrected chi connectivity index (χ0v) is 32.2. The zero-order chi connectivity index (χ0) is 39.0. The van der Waals surface area contributed by atoms with E-state index in [1.807, 2.05) is 32.1 Å². The molecular weight excluding hydrogens is 727 g/mol. The summed E-state index contributed by atoms with van der Waals surface area (Å²) in [4.78, 5) is 41.1. The van der Waals surface area contributed by atoms with Crippen LogP contribution in [0.3, 0.4) is 0 Å². The Morgan fingerprint density at radius 3 is 2.56 bits per heavy atom. The molecule has 2 amide bonds. The third-order valence-electron chi connectivity index (χ3n) is 9.72. The lowest BCUT2D eigenvalue weighted by Gasteiger charge is -2.39. The fourth-order valence-corrected chi connectivity index (χ4v) is 7.14. The maximum atomic E-state index is 13.9. The Morgan fingerprint density at radius 2 is 1.85 bits per heavy atom. The molecule has 4 aliphatic heterocycles. The lowest BCUT2D eigenvalue weighted by Crippen LogP contribution is -2.47. The second-order valence-electron chi connectivity index (χ2n) is 15.5. The number of hydrogen-bond acceptors (Lipinski definition) is 10. The highest BCUT2D eigenvalue weighted by molar-refractivity contribution is 6.22. The highest BCUT2D eigenvalue weighted by atomic mass is 35.5. The average molecular weight is 778 g/mol. The normalized spacial score (nSPS) is 25.5. The van der Waals surface area contributed by atoms with Crippen LogP contribution in [0.15, 0.2) is 48.1 Å². The number of halogens is 4. The van der Waals surface area contributed by atoms with E-state index in [0.29, 0.717) is 55.1 Å². The molecule has 6 bridgehead atoms. The number of alkyl halides is 4. The molecule has 0 spiro atoms. The number of amides is 2. The topological polar surface area (TPSA) is 140 Å². The minimum Gasteiger partial charge on any atom is -0.454 e. The highest BCUT2D eigenvalue weighted by Gasteiger charge is 2.36. The molecule has 296 valence electrons. The van der Waals surface area contributed by atoms with Crippen molar-refractivity contribution in [3.63, 3.8) is 0 Å². The summed E-state index contributed by atoms with van der Waals surface area (Å²) in [6, 6.07) is 5.91. The van der Waals surface area contributed by atoms with Gasteiger partial charge in [-0.05, 0) is 72.3 Å². The van der Waals surface area contributed by atoms with E-state index in [-0.39, 0.29) is 43.1 Å². The highest BCUT2D eigenvalue weighted by Crippen LogP contribution is 2.36. The van der Waals surface area contributed by atoms with Crippen LogP contribution in [0.25, 0.3) is 0 Å². The van der Waals surface area contributed by atoms with E-state index in [1.54, 1.807) is 29.2 Å². The van der Waals surface area contributed by atoms with Crippen molar-refractivity contribution in [1.29, 1.82) is 0 Å². The minimum absolute atomic E-state index is 0.0302. The van der Waals surface area contributed by atoms with Gasteiger partial charge in [0, 0.05) is 44.0 Å². The first kappa shape index (κ1) is 41.1. The van der Waals surface area contributed by atoms with Crippen LogP contribution < -0.4 is 20.7 Å². The van der Waals surface area contributed by atoms with Crippen molar-refractivity contribution in [2.45, 2.75) is 84.1 Å². The molecule has 0 radical (unpaired) electrons. The molecule has 2 aliphatic carbocycles. The third kappa shape index (κ3) is 12.2. The number of carbonyl (C=O) groups is 2. The number of benzene rings is 1. The third-order valence-corrected chi connectivity index (χ3v) is 10.1. The van der Waals surface area contributed by atoms with E-state index in [0.717, 1.165) is 24.8 Å². The Morgan fingerprint density at radius 1 is 1.11 bits per heavy atom. The van der Waals surface area contributed by atoms with Gasteiger partial charge in [0.05, 0.1) is 11.5 Å². The monoisotopic (exact) mass is 777 g/mol. The first-order valence-corrected chi connectivity index (χ1v) is 18.9. The van der Waals surface area contributed by atoms with E-state index < -0.39 is 35.7 Å². The molecule has 8 rings (SSSR count). The van der Waals surface area contributed by atoms with Crippen molar-refractivity contribution in [3.8, 4) is 6.01 Å². The summed E-state index contributed by atoms with van der Waals surface area (Å²) in [5, 5.41) is 8.41. The quantitative estimate of drug-likeness (QED) is 0.267. The van der Waals surface area contributed by atoms with Crippen molar-refractivity contribution in [1.82, 2.24) is 25.2 Å². The molecule has 54 heavy (non-hydrogen) atoms. The van der Waals surface area contributed by atoms with Gasteiger partial charge in [-0.2, -0.15) is 28.1 Å². The van der Waals surface area contributed by atoms with Gasteiger partial charge in [0.1, 0.15) is 6.10 Å². The summed E-state index contributed by atoms with van der Waals surface area (Å²) in [6.07, 6.45) is 3.47. The Bertz CT molecular complexity index is 1660. The number of anilines is 3. The Hall–Kier alpha value is -4.11. The van der Waals surface area contributed by atoms with Crippen LogP contribution in [0.2, 0.25) is 0 Å². The van der Waals surface area contributed by atoms with E-state index in [2.05, 4.69) is 51.7 Å². The van der Waals surface area contributed by atoms with Crippen LogP contribution >= 0.6 is 11.6 Å². The van der Waals surface area contributed by atoms with Gasteiger partial charge in [0.2, 0.25) is 11.9 Å². The Labute approximate surface area is 319 Å². The molecule has 5 atom stereocenters. The van der Waals surface area contributed by atoms with Gasteiger partial charge in [-0.1, -0.05) is 59.3 Å². The van der Waals surface area contributed by atoms with Gasteiger partial charge in [-0.3, -0.25) is 4.79 Å². The summed E-state index contributed by atoms with van der Waals surface area (Å²) in [7, 11) is 0. The lowest BCUT2D eigenvalue weighted by molar-refractivity contribution is -0.154. The fourth-order valence-electron chi connectivity index (χ4n) is 6.82. The van der Waals surface area contributed by atoms with Crippen molar-refractivity contribution in [2.24, 2.45) is 23.2 Å². The first-order valence-electron chi connectivity index (χ1n) is 18.5. The molecule has 16 heteroatoms. The number of ether oxygens (including phenoxy) is 3. The molecule has 1 saturated carbocycles. The van der Waals surface area contributed by atoms with Gasteiger partial charge in [-0.15, -0.1) is 11.6 Å². The van der Waals surface area contributed by atoms with Crippen LogP contribution in [0, 0.1) is 23.2 Å². The van der Waals surface area contributed by atoms with Crippen LogP contribution in [0.1, 0.15) is 70.7 Å². The minimum atomic E-state index is -4.60. The first-order chi connectivity index (χ1) is 25.5. The molecule has 6 aliphatic rings. The van der Waals surface area contributed by atoms with Crippen LogP contribution in [-0.2, 0) is 9.47 Å². The van der Waals surface area contributed by atoms with Crippen molar-refractivity contribution >= 4 is 41.2 Å². The lowest BCUT2D eigenvalue weighted by atomic mass is 9.75. The van der Waals surface area contributed by atoms with Crippen LogP contribution in [0.5, 0.6) is 6.01 Å². The second kappa shape index (κ2) is 18.0. The van der Waals surface area contributed by atoms with Gasteiger partial charge in [0.25, 0.3) is 5.91 Å². The molecule has 0 saturated heterocycles.